The summed E-state index contributed by atoms with van der Waals surface area (Å²) < 4.78 is 0. The Morgan fingerprint density at radius 1 is 1.28 bits per heavy atom. The molecule has 0 spiro atoms. The van der Waals surface area contributed by atoms with Gasteiger partial charge in [0.1, 0.15) is 6.54 Å². The van der Waals surface area contributed by atoms with Crippen molar-refractivity contribution in [2.75, 3.05) is 13.6 Å². The molecule has 1 N–H and O–H groups in total. The van der Waals surface area contributed by atoms with Gasteiger partial charge in [0.2, 0.25) is 5.78 Å². The number of rotatable bonds is 4. The first-order valence-corrected chi connectivity index (χ1v) is 7.16. The van der Waals surface area contributed by atoms with Crippen molar-refractivity contribution in [3.05, 3.63) is 34.9 Å². The number of carbonyl (C=O) groups is 1. The molecule has 3 heteroatoms. The number of Topliss-reactive ketones (excluding diaryl/α,β-unsaturated/α-hetero) is 1. The number of ketones is 1. The summed E-state index contributed by atoms with van der Waals surface area (Å²) in [6.07, 6.45) is 6.47. The lowest BCUT2D eigenvalue weighted by Crippen LogP contribution is -3.14. The smallest absolute Gasteiger partial charge is 0.218 e. The van der Waals surface area contributed by atoms with Gasteiger partial charge in [0.25, 0.3) is 0 Å². The molecule has 1 fully saturated rings. The molecule has 0 heterocycles. The minimum atomic E-state index is 0.156. The third-order valence-electron chi connectivity index (χ3n) is 3.92. The zero-order valence-electron chi connectivity index (χ0n) is 10.9. The highest BCUT2D eigenvalue weighted by molar-refractivity contribution is 6.34. The van der Waals surface area contributed by atoms with E-state index in [9.17, 15) is 4.79 Å². The van der Waals surface area contributed by atoms with Crippen LogP contribution in [0, 0.1) is 0 Å². The Hall–Kier alpha value is -0.860. The molecule has 1 aromatic rings. The second-order valence-electron chi connectivity index (χ2n) is 5.26. The molecule has 0 aliphatic heterocycles. The highest BCUT2D eigenvalue weighted by Gasteiger charge is 2.24. The van der Waals surface area contributed by atoms with E-state index in [1.807, 2.05) is 18.2 Å². The molecule has 1 aliphatic carbocycles. The maximum absolute atomic E-state index is 12.2. The van der Waals surface area contributed by atoms with Crippen LogP contribution in [0.5, 0.6) is 0 Å². The van der Waals surface area contributed by atoms with E-state index in [0.29, 0.717) is 23.2 Å². The molecule has 1 unspecified atom stereocenters. The first-order valence-electron chi connectivity index (χ1n) is 6.78. The van der Waals surface area contributed by atoms with Gasteiger partial charge < -0.3 is 4.90 Å². The average Bonchev–Trinajstić information content (AvgIpc) is 2.40. The van der Waals surface area contributed by atoms with Crippen LogP contribution in [-0.2, 0) is 0 Å². The Balaban J connectivity index is 1.96. The minimum absolute atomic E-state index is 0.156. The first-order chi connectivity index (χ1) is 8.68. The van der Waals surface area contributed by atoms with E-state index in [2.05, 4.69) is 7.05 Å². The summed E-state index contributed by atoms with van der Waals surface area (Å²) in [5, 5.41) is 0.568. The highest BCUT2D eigenvalue weighted by atomic mass is 35.5. The van der Waals surface area contributed by atoms with Crippen molar-refractivity contribution in [3.63, 3.8) is 0 Å². The Kier molecular flexibility index (Phi) is 4.79. The zero-order valence-corrected chi connectivity index (χ0v) is 11.7. The fraction of sp³-hybridized carbons (Fsp3) is 0.533. The molecular formula is C15H21ClNO+. The Bertz CT molecular complexity index is 413. The number of benzene rings is 1. The molecule has 0 radical (unpaired) electrons. The lowest BCUT2D eigenvalue weighted by molar-refractivity contribution is -0.898. The van der Waals surface area contributed by atoms with Gasteiger partial charge in [-0.25, -0.2) is 0 Å². The molecule has 1 aliphatic rings. The third-order valence-corrected chi connectivity index (χ3v) is 4.25. The van der Waals surface area contributed by atoms with Crippen molar-refractivity contribution in [2.24, 2.45) is 0 Å². The summed E-state index contributed by atoms with van der Waals surface area (Å²) in [5.74, 6) is 0.156. The number of carbonyl (C=O) groups excluding carboxylic acids is 1. The van der Waals surface area contributed by atoms with Gasteiger partial charge in [0.05, 0.1) is 18.1 Å². The molecule has 1 saturated carbocycles. The topological polar surface area (TPSA) is 21.5 Å². The van der Waals surface area contributed by atoms with Crippen molar-refractivity contribution in [1.82, 2.24) is 0 Å². The van der Waals surface area contributed by atoms with Gasteiger partial charge in [-0.15, -0.1) is 0 Å². The van der Waals surface area contributed by atoms with Crippen LogP contribution in [0.3, 0.4) is 0 Å². The summed E-state index contributed by atoms with van der Waals surface area (Å²) in [6.45, 7) is 0.550. The molecule has 1 aromatic carbocycles. The van der Waals surface area contributed by atoms with Crippen LogP contribution in [0.2, 0.25) is 5.02 Å². The second kappa shape index (κ2) is 6.35. The summed E-state index contributed by atoms with van der Waals surface area (Å²) in [4.78, 5) is 13.5. The van der Waals surface area contributed by atoms with Gasteiger partial charge in [0.15, 0.2) is 0 Å². The number of hydrogen-bond acceptors (Lipinski definition) is 1. The van der Waals surface area contributed by atoms with Crippen LogP contribution >= 0.6 is 11.6 Å². The summed E-state index contributed by atoms with van der Waals surface area (Å²) >= 11 is 6.06. The SMILES string of the molecule is C[NH+](CC(=O)c1ccccc1Cl)C1CCCCC1. The molecule has 0 bridgehead atoms. The number of likely N-dealkylation sites (N-methyl/N-ethyl adjacent to an activating group) is 1. The minimum Gasteiger partial charge on any atom is -0.328 e. The summed E-state index contributed by atoms with van der Waals surface area (Å²) in [7, 11) is 2.13. The van der Waals surface area contributed by atoms with E-state index >= 15 is 0 Å². The molecule has 18 heavy (non-hydrogen) atoms. The summed E-state index contributed by atoms with van der Waals surface area (Å²) in [5.41, 5.74) is 0.661. The van der Waals surface area contributed by atoms with Gasteiger partial charge in [-0.1, -0.05) is 30.2 Å². The fourth-order valence-electron chi connectivity index (χ4n) is 2.78. The van der Waals surface area contributed by atoms with Crippen LogP contribution in [0.4, 0.5) is 0 Å². The van der Waals surface area contributed by atoms with E-state index in [0.717, 1.165) is 0 Å². The van der Waals surface area contributed by atoms with Gasteiger partial charge >= 0.3 is 0 Å². The zero-order chi connectivity index (χ0) is 13.0. The predicted molar refractivity (Wildman–Crippen MR) is 74.4 cm³/mol. The average molecular weight is 267 g/mol. The van der Waals surface area contributed by atoms with Crippen LogP contribution < -0.4 is 4.90 Å². The van der Waals surface area contributed by atoms with Gasteiger partial charge in [0, 0.05) is 5.56 Å². The van der Waals surface area contributed by atoms with Crippen LogP contribution in [0.1, 0.15) is 42.5 Å². The van der Waals surface area contributed by atoms with Crippen LogP contribution in [0.25, 0.3) is 0 Å². The molecule has 2 nitrogen and oxygen atoms in total. The third kappa shape index (κ3) is 3.33. The van der Waals surface area contributed by atoms with E-state index in [1.165, 1.54) is 37.0 Å². The molecule has 98 valence electrons. The second-order valence-corrected chi connectivity index (χ2v) is 5.67. The fourth-order valence-corrected chi connectivity index (χ4v) is 3.02. The molecule has 0 aromatic heterocycles. The van der Waals surface area contributed by atoms with Crippen molar-refractivity contribution in [2.45, 2.75) is 38.1 Å². The largest absolute Gasteiger partial charge is 0.328 e. The van der Waals surface area contributed by atoms with Gasteiger partial charge in [-0.2, -0.15) is 0 Å². The van der Waals surface area contributed by atoms with Crippen molar-refractivity contribution in [3.8, 4) is 0 Å². The first kappa shape index (κ1) is 13.6. The Labute approximate surface area is 114 Å². The van der Waals surface area contributed by atoms with E-state index in [1.54, 1.807) is 6.07 Å². The maximum Gasteiger partial charge on any atom is 0.218 e. The predicted octanol–water partition coefficient (Wildman–Crippen LogP) is 2.37. The Morgan fingerprint density at radius 3 is 2.61 bits per heavy atom. The normalized spacial score (nSPS) is 18.6. The lowest BCUT2D eigenvalue weighted by atomic mass is 9.94. The molecule has 2 rings (SSSR count). The van der Waals surface area contributed by atoms with E-state index in [4.69, 9.17) is 11.6 Å². The number of hydrogen-bond donors (Lipinski definition) is 1. The van der Waals surface area contributed by atoms with Gasteiger partial charge in [-0.3, -0.25) is 4.79 Å². The number of halogens is 1. The molecular weight excluding hydrogens is 246 g/mol. The number of quaternary nitrogens is 1. The van der Waals surface area contributed by atoms with Crippen molar-refractivity contribution in [1.29, 1.82) is 0 Å². The molecule has 1 atom stereocenters. The lowest BCUT2D eigenvalue weighted by Gasteiger charge is -2.27. The van der Waals surface area contributed by atoms with Crippen molar-refractivity contribution >= 4 is 17.4 Å². The van der Waals surface area contributed by atoms with Crippen LogP contribution in [-0.4, -0.2) is 25.4 Å². The monoisotopic (exact) mass is 266 g/mol. The Morgan fingerprint density at radius 2 is 1.94 bits per heavy atom. The standard InChI is InChI=1S/C15H20ClNO/c1-17(12-7-3-2-4-8-12)11-15(18)13-9-5-6-10-14(13)16/h5-6,9-10,12H,2-4,7-8,11H2,1H3/p+1. The van der Waals surface area contributed by atoms with Crippen molar-refractivity contribution < 1.29 is 9.69 Å². The molecule has 0 saturated heterocycles. The maximum atomic E-state index is 12.2. The van der Waals surface area contributed by atoms with Gasteiger partial charge in [-0.05, 0) is 37.8 Å². The summed E-state index contributed by atoms with van der Waals surface area (Å²) in [6, 6.07) is 7.97. The highest BCUT2D eigenvalue weighted by Crippen LogP contribution is 2.16. The van der Waals surface area contributed by atoms with Crippen LogP contribution in [0.15, 0.2) is 24.3 Å². The molecule has 0 amide bonds. The van der Waals surface area contributed by atoms with E-state index in [-0.39, 0.29) is 5.78 Å². The quantitative estimate of drug-likeness (QED) is 0.831. The number of nitrogens with one attached hydrogen (secondary N) is 1. The van der Waals surface area contributed by atoms with E-state index < -0.39 is 0 Å².